The monoisotopic (exact) mass is 274 g/mol. The maximum atomic E-state index is 12.0. The minimum atomic E-state index is -1.28. The fraction of sp³-hybridized carbons (Fsp3) is 0.750. The first-order valence-electron chi connectivity index (χ1n) is 6.24. The quantitative estimate of drug-likeness (QED) is 0.670. The van der Waals surface area contributed by atoms with Crippen molar-refractivity contribution in [3.05, 3.63) is 0 Å². The van der Waals surface area contributed by atoms with Crippen molar-refractivity contribution in [2.75, 3.05) is 13.7 Å². The van der Waals surface area contributed by atoms with Crippen molar-refractivity contribution >= 4 is 18.0 Å². The van der Waals surface area contributed by atoms with Crippen molar-refractivity contribution in [2.45, 2.75) is 45.7 Å². The molecule has 2 amide bonds. The molecular weight excluding hydrogens is 252 g/mol. The molecule has 2 N–H and O–H groups in total. The highest BCUT2D eigenvalue weighted by atomic mass is 16.5. The van der Waals surface area contributed by atoms with Crippen molar-refractivity contribution in [3.8, 4) is 0 Å². The lowest BCUT2D eigenvalue weighted by atomic mass is 10.2. The van der Waals surface area contributed by atoms with Crippen LogP contribution in [-0.4, -0.2) is 53.7 Å². The van der Waals surface area contributed by atoms with Crippen molar-refractivity contribution in [1.29, 1.82) is 0 Å². The van der Waals surface area contributed by atoms with E-state index in [0.717, 1.165) is 6.42 Å². The first-order valence-corrected chi connectivity index (χ1v) is 6.24. The lowest BCUT2D eigenvalue weighted by Crippen LogP contribution is -2.51. The number of rotatable bonds is 7. The maximum Gasteiger partial charge on any atom is 0.326 e. The minimum absolute atomic E-state index is 0.00225. The number of esters is 1. The van der Waals surface area contributed by atoms with Gasteiger partial charge in [-0.3, -0.25) is 4.79 Å². The summed E-state index contributed by atoms with van der Waals surface area (Å²) in [5.74, 6) is -1.95. The van der Waals surface area contributed by atoms with E-state index in [1.54, 1.807) is 0 Å². The maximum absolute atomic E-state index is 12.0. The number of hydrogen-bond donors (Lipinski definition) is 2. The number of carboxylic acid groups (broad SMARTS) is 1. The predicted molar refractivity (Wildman–Crippen MR) is 68.7 cm³/mol. The molecule has 0 spiro atoms. The van der Waals surface area contributed by atoms with Gasteiger partial charge in [0.15, 0.2) is 0 Å². The lowest BCUT2D eigenvalue weighted by Gasteiger charge is -2.28. The summed E-state index contributed by atoms with van der Waals surface area (Å²) < 4.78 is 4.40. The van der Waals surface area contributed by atoms with Crippen LogP contribution in [0.1, 0.15) is 33.6 Å². The standard InChI is InChI=1S/C12H22N2O5/c1-5-8(3)14(6-2)12(18)13-9(11(16)17)7-10(15)19-4/h8-9H,5-7H2,1-4H3,(H,13,18)(H,16,17)/t8?,9-/m0/s1. The molecule has 2 atom stereocenters. The van der Waals surface area contributed by atoms with Gasteiger partial charge in [0.2, 0.25) is 0 Å². The van der Waals surface area contributed by atoms with Crippen LogP contribution < -0.4 is 5.32 Å². The number of urea groups is 1. The fourth-order valence-corrected chi connectivity index (χ4v) is 1.56. The Morgan fingerprint density at radius 1 is 1.32 bits per heavy atom. The van der Waals surface area contributed by atoms with Crippen LogP contribution in [0.15, 0.2) is 0 Å². The van der Waals surface area contributed by atoms with E-state index < -0.39 is 30.4 Å². The zero-order valence-electron chi connectivity index (χ0n) is 11.8. The summed E-state index contributed by atoms with van der Waals surface area (Å²) in [4.78, 5) is 35.6. The van der Waals surface area contributed by atoms with Gasteiger partial charge in [-0.05, 0) is 20.3 Å². The number of aliphatic carboxylic acids is 1. The summed E-state index contributed by atoms with van der Waals surface area (Å²) in [6.45, 7) is 6.08. The molecule has 0 radical (unpaired) electrons. The van der Waals surface area contributed by atoms with Gasteiger partial charge in [0.05, 0.1) is 13.5 Å². The van der Waals surface area contributed by atoms with Crippen LogP contribution >= 0.6 is 0 Å². The van der Waals surface area contributed by atoms with E-state index in [9.17, 15) is 14.4 Å². The Hall–Kier alpha value is -1.79. The second-order valence-electron chi connectivity index (χ2n) is 4.16. The van der Waals surface area contributed by atoms with Gasteiger partial charge >= 0.3 is 18.0 Å². The summed E-state index contributed by atoms with van der Waals surface area (Å²) in [7, 11) is 1.17. The molecule has 0 saturated carbocycles. The average molecular weight is 274 g/mol. The van der Waals surface area contributed by atoms with Gasteiger partial charge in [-0.25, -0.2) is 9.59 Å². The first kappa shape index (κ1) is 17.2. The molecule has 19 heavy (non-hydrogen) atoms. The number of hydrogen-bond acceptors (Lipinski definition) is 4. The largest absolute Gasteiger partial charge is 0.480 e. The Morgan fingerprint density at radius 2 is 1.89 bits per heavy atom. The number of ether oxygens (including phenoxy) is 1. The highest BCUT2D eigenvalue weighted by Crippen LogP contribution is 2.05. The Bertz CT molecular complexity index is 332. The van der Waals surface area contributed by atoms with Gasteiger partial charge in [0.25, 0.3) is 0 Å². The van der Waals surface area contributed by atoms with Crippen LogP contribution in [0.3, 0.4) is 0 Å². The molecule has 0 aliphatic heterocycles. The molecule has 7 heteroatoms. The van der Waals surface area contributed by atoms with Crippen molar-refractivity contribution in [2.24, 2.45) is 0 Å². The zero-order chi connectivity index (χ0) is 15.0. The third kappa shape index (κ3) is 5.58. The van der Waals surface area contributed by atoms with E-state index in [1.807, 2.05) is 20.8 Å². The molecule has 0 heterocycles. The van der Waals surface area contributed by atoms with E-state index in [1.165, 1.54) is 12.0 Å². The molecule has 7 nitrogen and oxygen atoms in total. The Labute approximate surface area is 112 Å². The summed E-state index contributed by atoms with van der Waals surface area (Å²) >= 11 is 0. The van der Waals surface area contributed by atoms with Crippen LogP contribution in [0.4, 0.5) is 4.79 Å². The summed E-state index contributed by atoms with van der Waals surface area (Å²) in [6, 6.07) is -1.77. The Morgan fingerprint density at radius 3 is 2.26 bits per heavy atom. The predicted octanol–water partition coefficient (Wildman–Crippen LogP) is 0.833. The van der Waals surface area contributed by atoms with Crippen LogP contribution in [0.2, 0.25) is 0 Å². The fourth-order valence-electron chi connectivity index (χ4n) is 1.56. The molecule has 0 saturated heterocycles. The first-order chi connectivity index (χ1) is 8.87. The number of amides is 2. The number of nitrogens with one attached hydrogen (secondary N) is 1. The van der Waals surface area contributed by atoms with Crippen LogP contribution in [0, 0.1) is 0 Å². The average Bonchev–Trinajstić information content (AvgIpc) is 2.37. The number of carbonyl (C=O) groups excluding carboxylic acids is 2. The SMILES string of the molecule is CCC(C)N(CC)C(=O)N[C@@H](CC(=O)OC)C(=O)O. The molecular formula is C12H22N2O5. The molecule has 0 aromatic heterocycles. The summed E-state index contributed by atoms with van der Waals surface area (Å²) in [6.07, 6.45) is 0.367. The van der Waals surface area contributed by atoms with Gasteiger partial charge in [0, 0.05) is 12.6 Å². The second-order valence-corrected chi connectivity index (χ2v) is 4.16. The van der Waals surface area contributed by atoms with Crippen LogP contribution in [0.5, 0.6) is 0 Å². The number of carboxylic acids is 1. The van der Waals surface area contributed by atoms with E-state index in [-0.39, 0.29) is 6.04 Å². The summed E-state index contributed by atoms with van der Waals surface area (Å²) in [5, 5.41) is 11.3. The molecule has 0 aliphatic rings. The lowest BCUT2D eigenvalue weighted by molar-refractivity contribution is -0.147. The normalized spacial score (nSPS) is 13.3. The number of methoxy groups -OCH3 is 1. The molecule has 0 fully saturated rings. The highest BCUT2D eigenvalue weighted by molar-refractivity contribution is 5.86. The van der Waals surface area contributed by atoms with Gasteiger partial charge < -0.3 is 20.1 Å². The minimum Gasteiger partial charge on any atom is -0.480 e. The van der Waals surface area contributed by atoms with Gasteiger partial charge in [-0.1, -0.05) is 6.92 Å². The van der Waals surface area contributed by atoms with E-state index in [2.05, 4.69) is 10.1 Å². The van der Waals surface area contributed by atoms with Crippen LogP contribution in [0.25, 0.3) is 0 Å². The zero-order valence-corrected chi connectivity index (χ0v) is 11.8. The highest BCUT2D eigenvalue weighted by Gasteiger charge is 2.26. The van der Waals surface area contributed by atoms with Gasteiger partial charge in [-0.15, -0.1) is 0 Å². The molecule has 0 bridgehead atoms. The molecule has 0 rings (SSSR count). The molecule has 0 aliphatic carbocycles. The summed E-state index contributed by atoms with van der Waals surface area (Å²) in [5.41, 5.74) is 0. The third-order valence-electron chi connectivity index (χ3n) is 2.92. The van der Waals surface area contributed by atoms with Crippen molar-refractivity contribution < 1.29 is 24.2 Å². The molecule has 0 aromatic carbocycles. The molecule has 0 aromatic rings. The van der Waals surface area contributed by atoms with Gasteiger partial charge in [-0.2, -0.15) is 0 Å². The Balaban J connectivity index is 4.70. The topological polar surface area (TPSA) is 95.9 Å². The van der Waals surface area contributed by atoms with Crippen LogP contribution in [-0.2, 0) is 14.3 Å². The molecule has 1 unspecified atom stereocenters. The number of carbonyl (C=O) groups is 3. The van der Waals surface area contributed by atoms with Gasteiger partial charge in [0.1, 0.15) is 6.04 Å². The van der Waals surface area contributed by atoms with Crippen molar-refractivity contribution in [3.63, 3.8) is 0 Å². The number of nitrogens with zero attached hydrogens (tertiary/aromatic N) is 1. The van der Waals surface area contributed by atoms with E-state index in [4.69, 9.17) is 5.11 Å². The van der Waals surface area contributed by atoms with Crippen molar-refractivity contribution in [1.82, 2.24) is 10.2 Å². The second kappa shape index (κ2) is 8.34. The van der Waals surface area contributed by atoms with E-state index in [0.29, 0.717) is 6.54 Å². The van der Waals surface area contributed by atoms with E-state index >= 15 is 0 Å². The molecule has 110 valence electrons. The Kier molecular flexibility index (Phi) is 7.55. The third-order valence-corrected chi connectivity index (χ3v) is 2.92. The smallest absolute Gasteiger partial charge is 0.326 e.